The van der Waals surface area contributed by atoms with Crippen molar-refractivity contribution in [2.75, 3.05) is 38.2 Å². The van der Waals surface area contributed by atoms with Gasteiger partial charge < -0.3 is 14.5 Å². The third-order valence-corrected chi connectivity index (χ3v) is 6.06. The smallest absolute Gasteiger partial charge is 0.223 e. The lowest BCUT2D eigenvalue weighted by molar-refractivity contribution is -0.131. The predicted molar refractivity (Wildman–Crippen MR) is 114 cm³/mol. The summed E-state index contributed by atoms with van der Waals surface area (Å²) in [5, 5.41) is 0. The average Bonchev–Trinajstić information content (AvgIpc) is 3.25. The minimum atomic E-state index is 0.0740. The maximum atomic E-state index is 12.6. The third-order valence-electron chi connectivity index (χ3n) is 6.06. The van der Waals surface area contributed by atoms with Crippen molar-refractivity contribution in [3.8, 4) is 5.75 Å². The van der Waals surface area contributed by atoms with E-state index in [-0.39, 0.29) is 18.1 Å². The van der Waals surface area contributed by atoms with Crippen LogP contribution in [0.2, 0.25) is 0 Å². The third kappa shape index (κ3) is 4.44. The van der Waals surface area contributed by atoms with E-state index in [2.05, 4.69) is 11.0 Å². The van der Waals surface area contributed by atoms with Crippen LogP contribution in [0.1, 0.15) is 40.7 Å². The first kappa shape index (κ1) is 19.5. The van der Waals surface area contributed by atoms with Gasteiger partial charge in [-0.1, -0.05) is 12.1 Å². The quantitative estimate of drug-likeness (QED) is 0.706. The van der Waals surface area contributed by atoms with E-state index in [1.165, 1.54) is 17.5 Å². The lowest BCUT2D eigenvalue weighted by atomic mass is 10.0. The molecule has 0 N–H and O–H groups in total. The van der Waals surface area contributed by atoms with Gasteiger partial charge in [-0.3, -0.25) is 9.59 Å². The van der Waals surface area contributed by atoms with Crippen molar-refractivity contribution in [3.05, 3.63) is 59.2 Å². The second kappa shape index (κ2) is 8.68. The number of carbonyl (C=O) groups excluding carboxylic acids is 2. The second-order valence-electron chi connectivity index (χ2n) is 7.83. The molecule has 1 heterocycles. The molecule has 4 rings (SSSR count). The van der Waals surface area contributed by atoms with Crippen molar-refractivity contribution in [2.45, 2.75) is 32.1 Å². The molecule has 1 aliphatic heterocycles. The van der Waals surface area contributed by atoms with E-state index >= 15 is 0 Å². The van der Waals surface area contributed by atoms with Crippen molar-refractivity contribution in [1.29, 1.82) is 0 Å². The molecule has 5 heteroatoms. The van der Waals surface area contributed by atoms with Crippen molar-refractivity contribution >= 4 is 17.4 Å². The molecule has 2 aromatic carbocycles. The number of nitrogens with zero attached hydrogens (tertiary/aromatic N) is 2. The maximum Gasteiger partial charge on any atom is 0.223 e. The Balaban J connectivity index is 1.26. The molecule has 0 atom stereocenters. The largest absolute Gasteiger partial charge is 0.497 e. The van der Waals surface area contributed by atoms with Crippen LogP contribution >= 0.6 is 0 Å². The van der Waals surface area contributed by atoms with Gasteiger partial charge in [0, 0.05) is 50.3 Å². The van der Waals surface area contributed by atoms with Crippen molar-refractivity contribution in [2.24, 2.45) is 0 Å². The SMILES string of the molecule is COc1ccc(N2CCN(C(=O)CCC(=O)c3ccc4c(c3)CCC4)CC2)cc1. The Morgan fingerprint density at radius 2 is 1.62 bits per heavy atom. The number of Topliss-reactive ketones (excluding diaryl/α,β-unsaturated/α-hetero) is 1. The van der Waals surface area contributed by atoms with Crippen LogP contribution in [0.25, 0.3) is 0 Å². The molecular formula is C24H28N2O3. The van der Waals surface area contributed by atoms with Gasteiger partial charge in [0.1, 0.15) is 5.75 Å². The number of methoxy groups -OCH3 is 1. The number of fused-ring (bicyclic) bond motifs is 1. The number of anilines is 1. The van der Waals surface area contributed by atoms with Gasteiger partial charge in [-0.2, -0.15) is 0 Å². The molecule has 0 saturated carbocycles. The Labute approximate surface area is 172 Å². The van der Waals surface area contributed by atoms with Crippen LogP contribution in [-0.2, 0) is 17.6 Å². The van der Waals surface area contributed by atoms with Gasteiger partial charge in [-0.15, -0.1) is 0 Å². The molecule has 0 radical (unpaired) electrons. The zero-order chi connectivity index (χ0) is 20.2. The van der Waals surface area contributed by atoms with E-state index in [1.54, 1.807) is 7.11 Å². The van der Waals surface area contributed by atoms with Gasteiger partial charge in [-0.05, 0) is 60.7 Å². The molecule has 2 aromatic rings. The van der Waals surface area contributed by atoms with Gasteiger partial charge in [0.25, 0.3) is 0 Å². The lowest BCUT2D eigenvalue weighted by Crippen LogP contribution is -2.48. The summed E-state index contributed by atoms with van der Waals surface area (Å²) < 4.78 is 5.21. The summed E-state index contributed by atoms with van der Waals surface area (Å²) in [5.74, 6) is 0.995. The number of hydrogen-bond donors (Lipinski definition) is 0. The zero-order valence-corrected chi connectivity index (χ0v) is 17.0. The van der Waals surface area contributed by atoms with Crippen LogP contribution in [0.15, 0.2) is 42.5 Å². The molecular weight excluding hydrogens is 364 g/mol. The highest BCUT2D eigenvalue weighted by Crippen LogP contribution is 2.24. The Morgan fingerprint density at radius 3 is 2.34 bits per heavy atom. The molecule has 152 valence electrons. The van der Waals surface area contributed by atoms with Crippen LogP contribution in [0.3, 0.4) is 0 Å². The minimum Gasteiger partial charge on any atom is -0.497 e. The fourth-order valence-corrected chi connectivity index (χ4v) is 4.28. The van der Waals surface area contributed by atoms with E-state index in [4.69, 9.17) is 4.74 Å². The van der Waals surface area contributed by atoms with Crippen molar-refractivity contribution in [3.63, 3.8) is 0 Å². The van der Waals surface area contributed by atoms with Crippen LogP contribution in [-0.4, -0.2) is 49.9 Å². The van der Waals surface area contributed by atoms with Crippen molar-refractivity contribution < 1.29 is 14.3 Å². The molecule has 0 bridgehead atoms. The van der Waals surface area contributed by atoms with E-state index < -0.39 is 0 Å². The Hall–Kier alpha value is -2.82. The number of benzene rings is 2. The summed E-state index contributed by atoms with van der Waals surface area (Å²) in [6.45, 7) is 2.99. The maximum absolute atomic E-state index is 12.6. The number of ether oxygens (including phenoxy) is 1. The van der Waals surface area contributed by atoms with E-state index in [1.807, 2.05) is 41.3 Å². The van der Waals surface area contributed by atoms with Gasteiger partial charge in [0.2, 0.25) is 5.91 Å². The fourth-order valence-electron chi connectivity index (χ4n) is 4.28. The summed E-state index contributed by atoms with van der Waals surface area (Å²) in [6.07, 6.45) is 3.93. The molecule has 0 aromatic heterocycles. The number of hydrogen-bond acceptors (Lipinski definition) is 4. The standard InChI is InChI=1S/C24H28N2O3/c1-29-22-9-7-21(8-10-22)25-13-15-26(16-14-25)24(28)12-11-23(27)20-6-5-18-3-2-4-19(18)17-20/h5-10,17H,2-4,11-16H2,1H3. The summed E-state index contributed by atoms with van der Waals surface area (Å²) in [6, 6.07) is 14.0. The number of amides is 1. The summed E-state index contributed by atoms with van der Waals surface area (Å²) in [5.41, 5.74) is 4.57. The first-order chi connectivity index (χ1) is 14.1. The first-order valence-electron chi connectivity index (χ1n) is 10.5. The topological polar surface area (TPSA) is 49.9 Å². The van der Waals surface area contributed by atoms with E-state index in [0.29, 0.717) is 19.5 Å². The molecule has 0 unspecified atom stereocenters. The minimum absolute atomic E-state index is 0.0740. The molecule has 29 heavy (non-hydrogen) atoms. The Morgan fingerprint density at radius 1 is 0.897 bits per heavy atom. The van der Waals surface area contributed by atoms with E-state index in [9.17, 15) is 9.59 Å². The first-order valence-corrected chi connectivity index (χ1v) is 10.5. The van der Waals surface area contributed by atoms with Gasteiger partial charge in [-0.25, -0.2) is 0 Å². The van der Waals surface area contributed by atoms with Crippen LogP contribution < -0.4 is 9.64 Å². The van der Waals surface area contributed by atoms with E-state index in [0.717, 1.165) is 42.9 Å². The van der Waals surface area contributed by atoms with Gasteiger partial charge in [0.05, 0.1) is 7.11 Å². The molecule has 5 nitrogen and oxygen atoms in total. The second-order valence-corrected chi connectivity index (χ2v) is 7.83. The summed E-state index contributed by atoms with van der Waals surface area (Å²) in [4.78, 5) is 29.3. The molecule has 1 fully saturated rings. The van der Waals surface area contributed by atoms with Crippen LogP contribution in [0.5, 0.6) is 5.75 Å². The molecule has 1 amide bonds. The monoisotopic (exact) mass is 392 g/mol. The zero-order valence-electron chi connectivity index (χ0n) is 17.0. The number of rotatable bonds is 6. The van der Waals surface area contributed by atoms with Gasteiger partial charge >= 0.3 is 0 Å². The van der Waals surface area contributed by atoms with Crippen LogP contribution in [0.4, 0.5) is 5.69 Å². The molecule has 0 spiro atoms. The predicted octanol–water partition coefficient (Wildman–Crippen LogP) is 3.50. The van der Waals surface area contributed by atoms with Crippen LogP contribution in [0, 0.1) is 0 Å². The number of aryl methyl sites for hydroxylation is 2. The number of piperazine rings is 1. The molecule has 1 aliphatic carbocycles. The van der Waals surface area contributed by atoms with Gasteiger partial charge in [0.15, 0.2) is 5.78 Å². The van der Waals surface area contributed by atoms with Crippen molar-refractivity contribution in [1.82, 2.24) is 4.90 Å². The summed E-state index contributed by atoms with van der Waals surface area (Å²) >= 11 is 0. The molecule has 1 saturated heterocycles. The highest BCUT2D eigenvalue weighted by atomic mass is 16.5. The normalized spacial score (nSPS) is 15.9. The highest BCUT2D eigenvalue weighted by Gasteiger charge is 2.22. The fraction of sp³-hybridized carbons (Fsp3) is 0.417. The molecule has 2 aliphatic rings. The highest BCUT2D eigenvalue weighted by molar-refractivity contribution is 5.98. The average molecular weight is 392 g/mol. The summed E-state index contributed by atoms with van der Waals surface area (Å²) in [7, 11) is 1.66. The number of ketones is 1. The lowest BCUT2D eigenvalue weighted by Gasteiger charge is -2.36. The Bertz CT molecular complexity index is 883. The number of carbonyl (C=O) groups is 2. The Kier molecular flexibility index (Phi) is 5.84.